The van der Waals surface area contributed by atoms with Crippen LogP contribution in [-0.2, 0) is 47.1 Å². The minimum absolute atomic E-state index is 0. The average molecular weight is 594 g/mol. The number of hydrogen-bond acceptors (Lipinski definition) is 10. The Morgan fingerprint density at radius 2 is 1.43 bits per heavy atom. The molecule has 0 bridgehead atoms. The molecule has 0 spiro atoms. The van der Waals surface area contributed by atoms with E-state index in [1.807, 2.05) is 0 Å². The number of phenols is 2. The zero-order valence-electron chi connectivity index (χ0n) is 17.6. The largest absolute Gasteiger partial charge is 0.506 e. The van der Waals surface area contributed by atoms with Crippen LogP contribution in [0.5, 0.6) is 11.5 Å². The summed E-state index contributed by atoms with van der Waals surface area (Å²) in [5.74, 6) is -1.66. The molecule has 0 saturated heterocycles. The van der Waals surface area contributed by atoms with E-state index in [1.165, 1.54) is 6.07 Å². The number of fused-ring (bicyclic) bond motifs is 1. The molecule has 12 nitrogen and oxygen atoms in total. The smallest absolute Gasteiger partial charge is 0.298 e. The summed E-state index contributed by atoms with van der Waals surface area (Å²) in [7, 11) is -13.4. The predicted octanol–water partition coefficient (Wildman–Crippen LogP) is 3.34. The first-order valence-corrected chi connectivity index (χ1v) is 13.9. The van der Waals surface area contributed by atoms with E-state index in [0.29, 0.717) is 6.42 Å². The molecular weight excluding hydrogens is 576 g/mol. The molecule has 193 valence electrons. The van der Waals surface area contributed by atoms with Crippen molar-refractivity contribution in [3.05, 3.63) is 42.5 Å². The summed E-state index contributed by atoms with van der Waals surface area (Å²) in [5.41, 5.74) is -0.857. The van der Waals surface area contributed by atoms with Gasteiger partial charge in [0.25, 0.3) is 20.2 Å². The molecule has 3 rings (SSSR count). The Bertz CT molecular complexity index is 1650. The molecule has 0 heterocycles. The van der Waals surface area contributed by atoms with Gasteiger partial charge in [0.05, 0.1) is 15.5 Å². The van der Waals surface area contributed by atoms with Crippen molar-refractivity contribution in [1.29, 1.82) is 0 Å². The fraction of sp³-hybridized carbons (Fsp3) is 0.158. The van der Waals surface area contributed by atoms with Gasteiger partial charge in [0.2, 0.25) is 0 Å². The van der Waals surface area contributed by atoms with Crippen LogP contribution in [0.2, 0.25) is 0 Å². The summed E-state index contributed by atoms with van der Waals surface area (Å²) in [6.45, 7) is 1.67. The van der Waals surface area contributed by atoms with Crippen LogP contribution in [0.25, 0.3) is 10.8 Å². The number of phenolic OH excluding ortho intramolecular Hbond substituents is 2. The average Bonchev–Trinajstić information content (AvgIpc) is 2.71. The Morgan fingerprint density at radius 3 is 2.00 bits per heavy atom. The monoisotopic (exact) mass is 593 g/mol. The van der Waals surface area contributed by atoms with Crippen molar-refractivity contribution in [3.63, 3.8) is 0 Å². The van der Waals surface area contributed by atoms with Gasteiger partial charge in [-0.15, -0.1) is 10.2 Å². The molecule has 0 unspecified atom stereocenters. The van der Waals surface area contributed by atoms with Crippen molar-refractivity contribution < 1.29 is 61.6 Å². The van der Waals surface area contributed by atoms with Crippen LogP contribution in [0.15, 0.2) is 67.4 Å². The van der Waals surface area contributed by atoms with Crippen LogP contribution in [0.1, 0.15) is 13.3 Å². The first-order valence-electron chi connectivity index (χ1n) is 9.37. The summed E-state index contributed by atoms with van der Waals surface area (Å²) in [5, 5.41) is 27.8. The molecule has 35 heavy (non-hydrogen) atoms. The van der Waals surface area contributed by atoms with Gasteiger partial charge < -0.3 is 10.2 Å². The van der Waals surface area contributed by atoms with E-state index in [9.17, 15) is 44.6 Å². The Kier molecular flexibility index (Phi) is 8.33. The molecule has 0 aliphatic rings. The van der Waals surface area contributed by atoms with E-state index in [0.717, 1.165) is 36.4 Å². The Hall–Kier alpha value is -2.59. The minimum atomic E-state index is -5.01. The van der Waals surface area contributed by atoms with Gasteiger partial charge in [-0.1, -0.05) is 13.0 Å². The van der Waals surface area contributed by atoms with Crippen LogP contribution < -0.4 is 0 Å². The van der Waals surface area contributed by atoms with Gasteiger partial charge in [-0.05, 0) is 48.2 Å². The third-order valence-corrected chi connectivity index (χ3v) is 8.27. The first kappa shape index (κ1) is 28.6. The fourth-order valence-electron chi connectivity index (χ4n) is 3.06. The van der Waals surface area contributed by atoms with Gasteiger partial charge in [0.1, 0.15) is 22.0 Å². The summed E-state index contributed by atoms with van der Waals surface area (Å²) in [6.07, 6.45) is 0.341. The summed E-state index contributed by atoms with van der Waals surface area (Å²) < 4.78 is 89.6. The van der Waals surface area contributed by atoms with Crippen molar-refractivity contribution in [2.45, 2.75) is 28.0 Å². The molecule has 3 aromatic rings. The quantitative estimate of drug-likeness (QED) is 0.178. The van der Waals surface area contributed by atoms with Gasteiger partial charge >= 0.3 is 0 Å². The second-order valence-corrected chi connectivity index (χ2v) is 12.0. The molecule has 1 radical (unpaired) electrons. The second kappa shape index (κ2) is 10.2. The van der Waals surface area contributed by atoms with E-state index in [2.05, 4.69) is 10.2 Å². The summed E-state index contributed by atoms with van der Waals surface area (Å²) in [4.78, 5) is -1.77. The fourth-order valence-corrected chi connectivity index (χ4v) is 5.53. The van der Waals surface area contributed by atoms with E-state index in [-0.39, 0.29) is 44.2 Å². The number of nitrogens with zero attached hydrogens (tertiary/aromatic N) is 2. The van der Waals surface area contributed by atoms with Gasteiger partial charge in [0.15, 0.2) is 15.6 Å². The number of azo groups is 1. The molecule has 0 aliphatic carbocycles. The van der Waals surface area contributed by atoms with E-state index in [4.69, 9.17) is 0 Å². The maximum Gasteiger partial charge on any atom is 0.298 e. The molecule has 0 amide bonds. The normalized spacial score (nSPS) is 12.7. The van der Waals surface area contributed by atoms with Crippen LogP contribution in [0, 0.1) is 0 Å². The number of benzene rings is 3. The van der Waals surface area contributed by atoms with Crippen molar-refractivity contribution in [1.82, 2.24) is 0 Å². The SMILES string of the molecule is CCCS(=O)(=O)c1ccc(O)c(N=Nc2c(O)c(S(=O)(=O)O)cc3cc(S(=O)(=O)O)ccc23)c1.[Cu]. The van der Waals surface area contributed by atoms with Crippen molar-refractivity contribution >= 4 is 52.2 Å². The zero-order chi connectivity index (χ0) is 25.5. The molecule has 0 fully saturated rings. The van der Waals surface area contributed by atoms with Gasteiger partial charge in [0, 0.05) is 22.5 Å². The molecule has 0 atom stereocenters. The maximum atomic E-state index is 12.3. The molecule has 0 saturated carbocycles. The Balaban J connectivity index is 0.00000432. The number of aromatic hydroxyl groups is 2. The molecule has 0 aliphatic heterocycles. The van der Waals surface area contributed by atoms with E-state index >= 15 is 0 Å². The molecule has 4 N–H and O–H groups in total. The van der Waals surface area contributed by atoms with Gasteiger partial charge in [-0.3, -0.25) is 9.11 Å². The number of sulfone groups is 1. The molecule has 0 aromatic heterocycles. The van der Waals surface area contributed by atoms with Crippen molar-refractivity contribution in [2.75, 3.05) is 5.75 Å². The number of rotatable bonds is 7. The van der Waals surface area contributed by atoms with Crippen molar-refractivity contribution in [3.8, 4) is 11.5 Å². The maximum absolute atomic E-state index is 12.3. The Labute approximate surface area is 211 Å². The molecular formula is C19H18CuN2O10S3. The van der Waals surface area contributed by atoms with Crippen LogP contribution >= 0.6 is 0 Å². The standard InChI is InChI=1S/C19H18N2O10S3.Cu/c1-2-7-32(24,25)12-4-6-16(22)15(10-12)20-21-18-14-5-3-13(33(26,27)28)8-11(14)9-17(19(18)23)34(29,30)31;/h3-6,8-10,22-23H,2,7H2,1H3,(H,26,27,28)(H,29,30,31);. The number of hydrogen-bond donors (Lipinski definition) is 4. The second-order valence-electron chi connectivity index (χ2n) is 7.07. The zero-order valence-corrected chi connectivity index (χ0v) is 21.0. The van der Waals surface area contributed by atoms with Gasteiger partial charge in [-0.2, -0.15) is 16.8 Å². The third-order valence-electron chi connectivity index (χ3n) is 4.63. The molecule has 3 aromatic carbocycles. The van der Waals surface area contributed by atoms with Crippen LogP contribution in [-0.4, -0.2) is 50.3 Å². The van der Waals surface area contributed by atoms with E-state index < -0.39 is 57.1 Å². The first-order chi connectivity index (χ1) is 15.6. The van der Waals surface area contributed by atoms with Crippen LogP contribution in [0.3, 0.4) is 0 Å². The third kappa shape index (κ3) is 6.16. The molecule has 16 heteroatoms. The minimum Gasteiger partial charge on any atom is -0.506 e. The van der Waals surface area contributed by atoms with Crippen LogP contribution in [0.4, 0.5) is 11.4 Å². The summed E-state index contributed by atoms with van der Waals surface area (Å²) in [6, 6.07) is 6.98. The van der Waals surface area contributed by atoms with Crippen molar-refractivity contribution in [2.24, 2.45) is 10.2 Å². The predicted molar refractivity (Wildman–Crippen MR) is 120 cm³/mol. The summed E-state index contributed by atoms with van der Waals surface area (Å²) >= 11 is 0. The Morgan fingerprint density at radius 1 is 0.800 bits per heavy atom. The topological polar surface area (TPSA) is 208 Å². The van der Waals surface area contributed by atoms with E-state index in [1.54, 1.807) is 6.92 Å². The van der Waals surface area contributed by atoms with Gasteiger partial charge in [-0.25, -0.2) is 8.42 Å².